The second-order valence-corrected chi connectivity index (χ2v) is 7.94. The largest absolute Gasteiger partial charge is 0.461 e. The maximum absolute atomic E-state index is 12.1. The number of carbonyl (C=O) groups excluding carboxylic acids is 2. The molecule has 0 unspecified atom stereocenters. The van der Waals surface area contributed by atoms with Gasteiger partial charge in [-0.1, -0.05) is 0 Å². The summed E-state index contributed by atoms with van der Waals surface area (Å²) >= 11 is 11.3. The van der Waals surface area contributed by atoms with Gasteiger partial charge in [-0.05, 0) is 68.6 Å². The number of nitrogens with one attached hydrogen (secondary N) is 1. The van der Waals surface area contributed by atoms with Gasteiger partial charge in [0.25, 0.3) is 5.91 Å². The molecule has 0 aromatic carbocycles. The smallest absolute Gasteiger partial charge is 0.328 e. The molecule has 0 saturated carbocycles. The summed E-state index contributed by atoms with van der Waals surface area (Å²) in [6.07, 6.45) is -0.205. The Morgan fingerprint density at radius 2 is 1.74 bits per heavy atom. The lowest BCUT2D eigenvalue weighted by Crippen LogP contribution is -2.40. The van der Waals surface area contributed by atoms with Crippen molar-refractivity contribution in [2.75, 3.05) is 0 Å². The summed E-state index contributed by atoms with van der Waals surface area (Å²) < 4.78 is 7.27. The van der Waals surface area contributed by atoms with Crippen LogP contribution in [0.25, 0.3) is 0 Å². The Labute approximate surface area is 140 Å². The topological polar surface area (TPSA) is 55.4 Å². The van der Waals surface area contributed by atoms with E-state index >= 15 is 0 Å². The fourth-order valence-corrected chi connectivity index (χ4v) is 4.16. The molecule has 0 bridgehead atoms. The molecule has 0 spiro atoms. The van der Waals surface area contributed by atoms with Crippen molar-refractivity contribution in [3.8, 4) is 0 Å². The molecule has 1 N–H and O–H groups in total. The number of halogens is 3. The fraction of sp³-hybridized carbons (Fsp3) is 0.455. The monoisotopic (exact) mass is 475 g/mol. The molecule has 0 aliphatic heterocycles. The van der Waals surface area contributed by atoms with E-state index in [0.29, 0.717) is 9.35 Å². The van der Waals surface area contributed by atoms with Gasteiger partial charge < -0.3 is 10.1 Å². The van der Waals surface area contributed by atoms with Crippen molar-refractivity contribution in [2.24, 2.45) is 0 Å². The first-order valence-electron chi connectivity index (χ1n) is 5.38. The van der Waals surface area contributed by atoms with Crippen molar-refractivity contribution in [3.05, 3.63) is 17.6 Å². The zero-order valence-corrected chi connectivity index (χ0v) is 16.0. The van der Waals surface area contributed by atoms with E-state index in [-0.39, 0.29) is 12.0 Å². The number of thiophene rings is 1. The predicted molar refractivity (Wildman–Crippen MR) is 85.6 cm³/mol. The second-order valence-electron chi connectivity index (χ2n) is 4.01. The minimum Gasteiger partial charge on any atom is -0.461 e. The zero-order chi connectivity index (χ0) is 14.7. The molecule has 1 aromatic heterocycles. The average Bonchev–Trinajstić information content (AvgIpc) is 2.56. The lowest BCUT2D eigenvalue weighted by Gasteiger charge is -2.14. The summed E-state index contributed by atoms with van der Waals surface area (Å²) in [7, 11) is 0. The summed E-state index contributed by atoms with van der Waals surface area (Å²) in [5.41, 5.74) is 0. The van der Waals surface area contributed by atoms with Gasteiger partial charge in [-0.3, -0.25) is 4.79 Å². The van der Waals surface area contributed by atoms with E-state index in [9.17, 15) is 9.59 Å². The Morgan fingerprint density at radius 1 is 1.16 bits per heavy atom. The second kappa shape index (κ2) is 7.19. The third kappa shape index (κ3) is 4.54. The van der Waals surface area contributed by atoms with Crippen LogP contribution in [0.5, 0.6) is 0 Å². The molecule has 1 amide bonds. The van der Waals surface area contributed by atoms with E-state index in [4.69, 9.17) is 4.74 Å². The lowest BCUT2D eigenvalue weighted by atomic mass is 10.3. The van der Waals surface area contributed by atoms with Gasteiger partial charge in [0.15, 0.2) is 0 Å². The van der Waals surface area contributed by atoms with Crippen LogP contribution in [-0.4, -0.2) is 24.0 Å². The maximum Gasteiger partial charge on any atom is 0.328 e. The molecule has 0 saturated heterocycles. The Morgan fingerprint density at radius 3 is 2.16 bits per heavy atom. The quantitative estimate of drug-likeness (QED) is 0.664. The van der Waals surface area contributed by atoms with Crippen molar-refractivity contribution >= 4 is 71.0 Å². The minimum absolute atomic E-state index is 0.205. The molecule has 8 heteroatoms. The molecule has 1 heterocycles. The number of rotatable bonds is 4. The summed E-state index contributed by atoms with van der Waals surface area (Å²) in [4.78, 5) is 24.2. The average molecular weight is 478 g/mol. The molecule has 0 fully saturated rings. The summed E-state index contributed by atoms with van der Waals surface area (Å²) in [6, 6.07) is -0.693. The van der Waals surface area contributed by atoms with Crippen LogP contribution in [0.2, 0.25) is 0 Å². The lowest BCUT2D eigenvalue weighted by molar-refractivity contribution is -0.149. The predicted octanol–water partition coefficient (Wildman–Crippen LogP) is 4.11. The van der Waals surface area contributed by atoms with Crippen molar-refractivity contribution in [2.45, 2.75) is 32.9 Å². The molecule has 0 aliphatic rings. The summed E-state index contributed by atoms with van der Waals surface area (Å²) in [6.45, 7) is 5.11. The molecule has 0 radical (unpaired) electrons. The Balaban J connectivity index is 2.74. The molecular formula is C11H12Br3NO3S. The molecule has 106 valence electrons. The first-order chi connectivity index (χ1) is 8.73. The molecule has 4 nitrogen and oxygen atoms in total. The van der Waals surface area contributed by atoms with Crippen molar-refractivity contribution < 1.29 is 14.3 Å². The fourth-order valence-electron chi connectivity index (χ4n) is 1.17. The highest BCUT2D eigenvalue weighted by Gasteiger charge is 2.23. The highest BCUT2D eigenvalue weighted by molar-refractivity contribution is 9.14. The van der Waals surface area contributed by atoms with Gasteiger partial charge >= 0.3 is 5.97 Å². The van der Waals surface area contributed by atoms with Crippen LogP contribution in [0, 0.1) is 0 Å². The minimum atomic E-state index is -0.693. The van der Waals surface area contributed by atoms with Crippen LogP contribution in [0.1, 0.15) is 30.4 Å². The van der Waals surface area contributed by atoms with Gasteiger partial charge in [0.2, 0.25) is 0 Å². The molecule has 0 aliphatic carbocycles. The standard InChI is InChI=1S/C11H12Br3NO3S/c1-4(2)18-11(17)5(3)15-10(16)8-6(12)7(13)9(14)19-8/h4-5H,1-3H3,(H,15,16)/t5-/m0/s1. The van der Waals surface area contributed by atoms with E-state index in [1.54, 1.807) is 20.8 Å². The van der Waals surface area contributed by atoms with Gasteiger partial charge in [0, 0.05) is 0 Å². The van der Waals surface area contributed by atoms with E-state index in [2.05, 4.69) is 53.1 Å². The third-order valence-electron chi connectivity index (χ3n) is 2.02. The number of amides is 1. The molecule has 1 atom stereocenters. The number of hydrogen-bond donors (Lipinski definition) is 1. The van der Waals surface area contributed by atoms with Gasteiger partial charge in [0.1, 0.15) is 10.9 Å². The van der Waals surface area contributed by atoms with Crippen LogP contribution in [0.3, 0.4) is 0 Å². The summed E-state index contributed by atoms with van der Waals surface area (Å²) in [5.74, 6) is -0.773. The Hall–Kier alpha value is 0.0800. The van der Waals surface area contributed by atoms with Crippen LogP contribution in [-0.2, 0) is 9.53 Å². The van der Waals surface area contributed by atoms with E-state index in [1.165, 1.54) is 11.3 Å². The summed E-state index contributed by atoms with van der Waals surface area (Å²) in [5, 5.41) is 2.61. The van der Waals surface area contributed by atoms with Crippen molar-refractivity contribution in [1.82, 2.24) is 5.32 Å². The Bertz CT molecular complexity index is 502. The van der Waals surface area contributed by atoms with Gasteiger partial charge in [-0.25, -0.2) is 4.79 Å². The van der Waals surface area contributed by atoms with Gasteiger partial charge in [-0.15, -0.1) is 11.3 Å². The first-order valence-corrected chi connectivity index (χ1v) is 8.58. The maximum atomic E-state index is 12.1. The van der Waals surface area contributed by atoms with Crippen molar-refractivity contribution in [3.63, 3.8) is 0 Å². The number of esters is 1. The first kappa shape index (κ1) is 17.1. The van der Waals surface area contributed by atoms with Gasteiger partial charge in [-0.2, -0.15) is 0 Å². The SMILES string of the molecule is CC(C)OC(=O)[C@H](C)NC(=O)c1sc(Br)c(Br)c1Br. The number of carbonyl (C=O) groups is 2. The number of hydrogen-bond acceptors (Lipinski definition) is 4. The van der Waals surface area contributed by atoms with E-state index in [1.807, 2.05) is 0 Å². The van der Waals surface area contributed by atoms with E-state index < -0.39 is 12.0 Å². The van der Waals surface area contributed by atoms with Crippen LogP contribution in [0.15, 0.2) is 12.7 Å². The highest BCUT2D eigenvalue weighted by atomic mass is 79.9. The highest BCUT2D eigenvalue weighted by Crippen LogP contribution is 2.40. The van der Waals surface area contributed by atoms with Crippen LogP contribution < -0.4 is 5.32 Å². The molecular weight excluding hydrogens is 466 g/mol. The molecule has 1 rings (SSSR count). The molecule has 19 heavy (non-hydrogen) atoms. The van der Waals surface area contributed by atoms with Crippen LogP contribution >= 0.6 is 59.1 Å². The zero-order valence-electron chi connectivity index (χ0n) is 10.4. The van der Waals surface area contributed by atoms with Gasteiger partial charge in [0.05, 0.1) is 18.8 Å². The normalized spacial score (nSPS) is 12.4. The molecule has 1 aromatic rings. The van der Waals surface area contributed by atoms with Crippen LogP contribution in [0.4, 0.5) is 0 Å². The number of ether oxygens (including phenoxy) is 1. The van der Waals surface area contributed by atoms with Crippen molar-refractivity contribution in [1.29, 1.82) is 0 Å². The van der Waals surface area contributed by atoms with E-state index in [0.717, 1.165) is 8.26 Å². The third-order valence-corrected chi connectivity index (χ3v) is 7.05. The Kier molecular flexibility index (Phi) is 6.49.